The molecular formula is C14H12O3. The summed E-state index contributed by atoms with van der Waals surface area (Å²) in [6, 6.07) is 11.1. The smallest absolute Gasteiger partial charge is 0.131 e. The van der Waals surface area contributed by atoms with Crippen molar-refractivity contribution in [1.29, 1.82) is 0 Å². The molecule has 0 fully saturated rings. The summed E-state index contributed by atoms with van der Waals surface area (Å²) in [6.45, 7) is 0.503. The molecule has 3 heteroatoms. The second kappa shape index (κ2) is 3.70. The van der Waals surface area contributed by atoms with Gasteiger partial charge >= 0.3 is 0 Å². The molecule has 86 valence electrons. The number of hydrogen-bond acceptors (Lipinski definition) is 3. The van der Waals surface area contributed by atoms with Gasteiger partial charge in [-0.2, -0.15) is 0 Å². The maximum Gasteiger partial charge on any atom is 0.131 e. The number of phenols is 1. The molecule has 0 amide bonds. The molecule has 2 aromatic rings. The molecule has 1 heterocycles. The Labute approximate surface area is 99.2 Å². The van der Waals surface area contributed by atoms with Gasteiger partial charge in [0, 0.05) is 17.2 Å². The van der Waals surface area contributed by atoms with Gasteiger partial charge in [0.05, 0.1) is 7.11 Å². The van der Waals surface area contributed by atoms with E-state index in [1.54, 1.807) is 19.2 Å². The SMILES string of the molecule is COc1ccc2c(c1)COc1cc(O)ccc1-2. The van der Waals surface area contributed by atoms with E-state index < -0.39 is 0 Å². The molecule has 1 N–H and O–H groups in total. The minimum absolute atomic E-state index is 0.223. The molecule has 0 bridgehead atoms. The summed E-state index contributed by atoms with van der Waals surface area (Å²) in [5.41, 5.74) is 3.24. The highest BCUT2D eigenvalue weighted by Crippen LogP contribution is 2.40. The highest BCUT2D eigenvalue weighted by atomic mass is 16.5. The second-order valence-electron chi connectivity index (χ2n) is 3.99. The van der Waals surface area contributed by atoms with Gasteiger partial charge in [0.1, 0.15) is 23.9 Å². The Hall–Kier alpha value is -2.16. The van der Waals surface area contributed by atoms with Crippen LogP contribution in [0.4, 0.5) is 0 Å². The maximum absolute atomic E-state index is 9.42. The molecule has 0 saturated carbocycles. The number of benzene rings is 2. The molecular weight excluding hydrogens is 216 g/mol. The molecule has 0 saturated heterocycles. The third kappa shape index (κ3) is 1.60. The summed E-state index contributed by atoms with van der Waals surface area (Å²) < 4.78 is 10.8. The van der Waals surface area contributed by atoms with Crippen LogP contribution in [0.25, 0.3) is 11.1 Å². The molecule has 0 unspecified atom stereocenters. The Kier molecular flexibility index (Phi) is 2.18. The molecule has 1 aliphatic rings. The third-order valence-electron chi connectivity index (χ3n) is 2.95. The lowest BCUT2D eigenvalue weighted by Crippen LogP contribution is -2.05. The van der Waals surface area contributed by atoms with Crippen LogP contribution in [0.1, 0.15) is 5.56 Å². The van der Waals surface area contributed by atoms with E-state index in [1.165, 1.54) is 0 Å². The summed E-state index contributed by atoms with van der Waals surface area (Å²) >= 11 is 0. The predicted octanol–water partition coefficient (Wildman–Crippen LogP) is 2.96. The topological polar surface area (TPSA) is 38.7 Å². The number of methoxy groups -OCH3 is 1. The molecule has 0 spiro atoms. The zero-order valence-corrected chi connectivity index (χ0v) is 9.43. The van der Waals surface area contributed by atoms with Crippen LogP contribution in [0.15, 0.2) is 36.4 Å². The van der Waals surface area contributed by atoms with Crippen LogP contribution in [0.3, 0.4) is 0 Å². The Morgan fingerprint density at radius 2 is 1.94 bits per heavy atom. The van der Waals surface area contributed by atoms with Crippen molar-refractivity contribution in [1.82, 2.24) is 0 Å². The monoisotopic (exact) mass is 228 g/mol. The van der Waals surface area contributed by atoms with Gasteiger partial charge in [-0.05, 0) is 29.8 Å². The van der Waals surface area contributed by atoms with Crippen molar-refractivity contribution in [2.45, 2.75) is 6.61 Å². The lowest BCUT2D eigenvalue weighted by atomic mass is 9.97. The molecule has 3 rings (SSSR count). The number of hydrogen-bond donors (Lipinski definition) is 1. The van der Waals surface area contributed by atoms with Crippen LogP contribution < -0.4 is 9.47 Å². The Balaban J connectivity index is 2.16. The summed E-state index contributed by atoms with van der Waals surface area (Å²) in [6.07, 6.45) is 0. The van der Waals surface area contributed by atoms with Gasteiger partial charge in [-0.15, -0.1) is 0 Å². The van der Waals surface area contributed by atoms with E-state index in [4.69, 9.17) is 9.47 Å². The van der Waals surface area contributed by atoms with Crippen LogP contribution in [-0.4, -0.2) is 12.2 Å². The average molecular weight is 228 g/mol. The Bertz CT molecular complexity index is 576. The fourth-order valence-corrected chi connectivity index (χ4v) is 2.09. The molecule has 3 nitrogen and oxygen atoms in total. The standard InChI is InChI=1S/C14H12O3/c1-16-11-3-5-12-9(6-11)8-17-14-7-10(15)2-4-13(12)14/h2-7,15H,8H2,1H3. The van der Waals surface area contributed by atoms with Crippen molar-refractivity contribution in [3.8, 4) is 28.4 Å². The van der Waals surface area contributed by atoms with Crippen molar-refractivity contribution in [3.63, 3.8) is 0 Å². The lowest BCUT2D eigenvalue weighted by Gasteiger charge is -2.21. The first-order valence-corrected chi connectivity index (χ1v) is 5.41. The van der Waals surface area contributed by atoms with Gasteiger partial charge in [0.2, 0.25) is 0 Å². The fraction of sp³-hybridized carbons (Fsp3) is 0.143. The van der Waals surface area contributed by atoms with Gasteiger partial charge in [-0.3, -0.25) is 0 Å². The zero-order chi connectivity index (χ0) is 11.8. The highest BCUT2D eigenvalue weighted by Gasteiger charge is 2.17. The van der Waals surface area contributed by atoms with Gasteiger partial charge in [0.15, 0.2) is 0 Å². The molecule has 17 heavy (non-hydrogen) atoms. The lowest BCUT2D eigenvalue weighted by molar-refractivity contribution is 0.299. The molecule has 2 aromatic carbocycles. The van der Waals surface area contributed by atoms with Crippen molar-refractivity contribution < 1.29 is 14.6 Å². The maximum atomic E-state index is 9.42. The molecule has 0 radical (unpaired) electrons. The van der Waals surface area contributed by atoms with E-state index in [0.29, 0.717) is 6.61 Å². The summed E-state index contributed by atoms with van der Waals surface area (Å²) in [5.74, 6) is 1.78. The Morgan fingerprint density at radius 3 is 2.76 bits per heavy atom. The third-order valence-corrected chi connectivity index (χ3v) is 2.95. The van der Waals surface area contributed by atoms with E-state index in [0.717, 1.165) is 28.2 Å². The second-order valence-corrected chi connectivity index (χ2v) is 3.99. The van der Waals surface area contributed by atoms with Crippen LogP contribution in [-0.2, 0) is 6.61 Å². The predicted molar refractivity (Wildman–Crippen MR) is 64.4 cm³/mol. The first kappa shape index (κ1) is 10.0. The average Bonchev–Trinajstić information content (AvgIpc) is 2.37. The van der Waals surface area contributed by atoms with Gasteiger partial charge < -0.3 is 14.6 Å². The largest absolute Gasteiger partial charge is 0.508 e. The van der Waals surface area contributed by atoms with E-state index in [1.807, 2.05) is 24.3 Å². The summed E-state index contributed by atoms with van der Waals surface area (Å²) in [5, 5.41) is 9.42. The van der Waals surface area contributed by atoms with Crippen LogP contribution in [0, 0.1) is 0 Å². The number of ether oxygens (including phenoxy) is 2. The van der Waals surface area contributed by atoms with Gasteiger partial charge in [-0.25, -0.2) is 0 Å². The number of fused-ring (bicyclic) bond motifs is 3. The fourth-order valence-electron chi connectivity index (χ4n) is 2.09. The van der Waals surface area contributed by atoms with E-state index in [2.05, 4.69) is 0 Å². The molecule has 0 aliphatic carbocycles. The molecule has 0 atom stereocenters. The van der Waals surface area contributed by atoms with E-state index >= 15 is 0 Å². The van der Waals surface area contributed by atoms with Gasteiger partial charge in [0.25, 0.3) is 0 Å². The van der Waals surface area contributed by atoms with Crippen molar-refractivity contribution >= 4 is 0 Å². The van der Waals surface area contributed by atoms with Crippen LogP contribution in [0.5, 0.6) is 17.2 Å². The van der Waals surface area contributed by atoms with Crippen LogP contribution in [0.2, 0.25) is 0 Å². The summed E-state index contributed by atoms with van der Waals surface area (Å²) in [4.78, 5) is 0. The quantitative estimate of drug-likeness (QED) is 0.815. The first-order chi connectivity index (χ1) is 8.28. The van der Waals surface area contributed by atoms with Gasteiger partial charge in [-0.1, -0.05) is 6.07 Å². The number of phenolic OH excluding ortho intramolecular Hbond substituents is 1. The minimum Gasteiger partial charge on any atom is -0.508 e. The van der Waals surface area contributed by atoms with Crippen molar-refractivity contribution in [2.75, 3.05) is 7.11 Å². The van der Waals surface area contributed by atoms with E-state index in [-0.39, 0.29) is 5.75 Å². The first-order valence-electron chi connectivity index (χ1n) is 5.41. The highest BCUT2D eigenvalue weighted by molar-refractivity contribution is 5.76. The number of rotatable bonds is 1. The summed E-state index contributed by atoms with van der Waals surface area (Å²) in [7, 11) is 1.65. The van der Waals surface area contributed by atoms with E-state index in [9.17, 15) is 5.11 Å². The van der Waals surface area contributed by atoms with Crippen molar-refractivity contribution in [3.05, 3.63) is 42.0 Å². The molecule has 0 aromatic heterocycles. The van der Waals surface area contributed by atoms with Crippen molar-refractivity contribution in [2.24, 2.45) is 0 Å². The minimum atomic E-state index is 0.223. The number of aromatic hydroxyl groups is 1. The molecule has 1 aliphatic heterocycles. The van der Waals surface area contributed by atoms with Crippen LogP contribution >= 0.6 is 0 Å². The normalized spacial score (nSPS) is 12.3. The zero-order valence-electron chi connectivity index (χ0n) is 9.43. The Morgan fingerprint density at radius 1 is 1.12 bits per heavy atom.